The van der Waals surface area contributed by atoms with Crippen LogP contribution < -0.4 is 9.80 Å². The molecule has 0 N–H and O–H groups in total. The van der Waals surface area contributed by atoms with Crippen LogP contribution in [0, 0.1) is 0 Å². The molecule has 13 aromatic rings. The van der Waals surface area contributed by atoms with E-state index in [1.54, 1.807) is 0 Å². The van der Waals surface area contributed by atoms with Crippen molar-refractivity contribution >= 4 is 131 Å². The zero-order valence-electron chi connectivity index (χ0n) is 31.8. The maximum absolute atomic E-state index is 7.14. The molecule has 14 rings (SSSR count). The first-order valence-corrected chi connectivity index (χ1v) is 21.0. The van der Waals surface area contributed by atoms with Crippen LogP contribution in [-0.2, 0) is 0 Å². The Kier molecular flexibility index (Phi) is 6.38. The van der Waals surface area contributed by atoms with Crippen LogP contribution in [0.1, 0.15) is 0 Å². The number of hydrogen-bond donors (Lipinski definition) is 0. The normalized spacial score (nSPS) is 12.9. The van der Waals surface area contributed by atoms with E-state index in [1.165, 1.54) is 20.2 Å². The van der Waals surface area contributed by atoms with Crippen LogP contribution in [0.15, 0.2) is 195 Å². The number of furan rings is 3. The average molecular weight is 787 g/mol. The Bertz CT molecular complexity index is 3750. The van der Waals surface area contributed by atoms with Gasteiger partial charge < -0.3 is 23.1 Å². The van der Waals surface area contributed by atoms with Crippen molar-refractivity contribution in [1.29, 1.82) is 0 Å². The summed E-state index contributed by atoms with van der Waals surface area (Å²) in [4.78, 5) is 4.71. The summed E-state index contributed by atoms with van der Waals surface area (Å²) in [6.45, 7) is 0. The van der Waals surface area contributed by atoms with Crippen LogP contribution in [0.5, 0.6) is 0 Å². The highest BCUT2D eigenvalue weighted by molar-refractivity contribution is 7.25. The highest BCUT2D eigenvalue weighted by Crippen LogP contribution is 2.51. The fourth-order valence-corrected chi connectivity index (χ4v) is 10.7. The third kappa shape index (κ3) is 4.51. The van der Waals surface area contributed by atoms with Gasteiger partial charge in [-0.15, -0.1) is 11.3 Å². The zero-order valence-corrected chi connectivity index (χ0v) is 32.7. The molecule has 0 spiro atoms. The molecule has 6 heteroatoms. The quantitative estimate of drug-likeness (QED) is 0.178. The second kappa shape index (κ2) is 11.9. The Labute approximate surface area is 346 Å². The number of hydrogen-bond acceptors (Lipinski definition) is 6. The van der Waals surface area contributed by atoms with Gasteiger partial charge in [-0.1, -0.05) is 84.9 Å². The van der Waals surface area contributed by atoms with E-state index in [-0.39, 0.29) is 0 Å². The van der Waals surface area contributed by atoms with Crippen molar-refractivity contribution in [2.45, 2.75) is 0 Å². The predicted molar refractivity (Wildman–Crippen MR) is 250 cm³/mol. The molecule has 1 aliphatic heterocycles. The lowest BCUT2D eigenvalue weighted by molar-refractivity contribution is 0.668. The Morgan fingerprint density at radius 2 is 0.817 bits per heavy atom. The summed E-state index contributed by atoms with van der Waals surface area (Å²) in [5, 5.41) is 8.96. The van der Waals surface area contributed by atoms with Gasteiger partial charge in [0.25, 0.3) is 0 Å². The molecule has 5 heterocycles. The van der Waals surface area contributed by atoms with E-state index < -0.39 is 0 Å². The minimum Gasteiger partial charge on any atom is -0.456 e. The number of para-hydroxylation sites is 4. The summed E-state index contributed by atoms with van der Waals surface area (Å²) in [7, 11) is 0. The molecule has 0 radical (unpaired) electrons. The SMILES string of the molecule is c1ccc2c(c1)oc1ccc(N3c4cc(-c5ccc6sc7ccccc7c6c5)cc(c4)N(c4ccc5oc6ccccc6c5c4)c4cccc5c4oc4c3cccc45)cc12. The summed E-state index contributed by atoms with van der Waals surface area (Å²) in [6.07, 6.45) is 0. The molecule has 0 fully saturated rings. The van der Waals surface area contributed by atoms with Gasteiger partial charge >= 0.3 is 0 Å². The van der Waals surface area contributed by atoms with Crippen molar-refractivity contribution < 1.29 is 13.3 Å². The molecule has 0 amide bonds. The first-order chi connectivity index (χ1) is 29.7. The van der Waals surface area contributed by atoms with Gasteiger partial charge in [-0.2, -0.15) is 0 Å². The standard InChI is InChI=1S/C54H30N2O3S/c1-4-16-47-37(9-1)42-29-33(20-22-49(42)57-47)55-35-25-32(31-19-24-52-44(27-31)39-11-3-6-18-51(39)60-52)26-36(28-35)56(34-21-23-50-43(30-34)38-10-2-5-17-48(38)58-50)46-15-8-13-41-40-12-7-14-45(55)53(40)59-54(41)46/h1-30H. The lowest BCUT2D eigenvalue weighted by Crippen LogP contribution is -2.14. The highest BCUT2D eigenvalue weighted by Gasteiger charge is 2.28. The molecule has 9 aromatic carbocycles. The van der Waals surface area contributed by atoms with Gasteiger partial charge in [-0.25, -0.2) is 0 Å². The van der Waals surface area contributed by atoms with Crippen molar-refractivity contribution in [3.05, 3.63) is 182 Å². The van der Waals surface area contributed by atoms with Gasteiger partial charge in [0, 0.05) is 75.2 Å². The Morgan fingerprint density at radius 3 is 1.43 bits per heavy atom. The monoisotopic (exact) mass is 786 g/mol. The summed E-state index contributed by atoms with van der Waals surface area (Å²) in [6, 6.07) is 65.1. The molecule has 1 aliphatic rings. The average Bonchev–Trinajstić information content (AvgIpc) is 4.07. The van der Waals surface area contributed by atoms with Crippen LogP contribution in [0.2, 0.25) is 0 Å². The number of rotatable bonds is 3. The minimum absolute atomic E-state index is 0.827. The van der Waals surface area contributed by atoms with E-state index in [0.29, 0.717) is 0 Å². The fourth-order valence-electron chi connectivity index (χ4n) is 9.63. The number of thiophene rings is 1. The minimum atomic E-state index is 0.827. The van der Waals surface area contributed by atoms with Crippen LogP contribution >= 0.6 is 11.3 Å². The number of fused-ring (bicyclic) bond motifs is 12. The lowest BCUT2D eigenvalue weighted by atomic mass is 9.99. The molecule has 60 heavy (non-hydrogen) atoms. The van der Waals surface area contributed by atoms with E-state index in [1.807, 2.05) is 35.6 Å². The second-order valence-corrected chi connectivity index (χ2v) is 16.8. The van der Waals surface area contributed by atoms with Crippen molar-refractivity contribution in [1.82, 2.24) is 0 Å². The van der Waals surface area contributed by atoms with Crippen LogP contribution in [0.25, 0.3) is 97.1 Å². The molecular formula is C54H30N2O3S. The summed E-state index contributed by atoms with van der Waals surface area (Å²) >= 11 is 1.84. The predicted octanol–water partition coefficient (Wildman–Crippen LogP) is 16.7. The maximum atomic E-state index is 7.14. The first-order valence-electron chi connectivity index (χ1n) is 20.1. The molecular weight excluding hydrogens is 757 g/mol. The third-order valence-electron chi connectivity index (χ3n) is 12.3. The van der Waals surface area contributed by atoms with E-state index in [9.17, 15) is 0 Å². The summed E-state index contributed by atoms with van der Waals surface area (Å²) < 4.78 is 22.4. The van der Waals surface area contributed by atoms with E-state index in [0.717, 1.165) is 111 Å². The molecule has 280 valence electrons. The van der Waals surface area contributed by atoms with Gasteiger partial charge in [-0.3, -0.25) is 0 Å². The highest BCUT2D eigenvalue weighted by atomic mass is 32.1. The molecule has 0 atom stereocenters. The van der Waals surface area contributed by atoms with Crippen molar-refractivity contribution in [2.24, 2.45) is 0 Å². The van der Waals surface area contributed by atoms with Gasteiger partial charge in [0.1, 0.15) is 22.3 Å². The Morgan fingerprint density at radius 1 is 0.300 bits per heavy atom. The molecule has 4 bridgehead atoms. The van der Waals surface area contributed by atoms with Gasteiger partial charge in [0.2, 0.25) is 0 Å². The van der Waals surface area contributed by atoms with Crippen LogP contribution in [-0.4, -0.2) is 0 Å². The fraction of sp³-hybridized carbons (Fsp3) is 0. The zero-order chi connectivity index (χ0) is 39.1. The maximum Gasteiger partial charge on any atom is 0.159 e. The van der Waals surface area contributed by atoms with Gasteiger partial charge in [0.15, 0.2) is 11.2 Å². The largest absolute Gasteiger partial charge is 0.456 e. The smallest absolute Gasteiger partial charge is 0.159 e. The first kappa shape index (κ1) is 32.2. The number of benzene rings is 9. The third-order valence-corrected chi connectivity index (χ3v) is 13.5. The van der Waals surface area contributed by atoms with Gasteiger partial charge in [-0.05, 0) is 108 Å². The molecule has 0 saturated carbocycles. The number of nitrogens with zero attached hydrogens (tertiary/aromatic N) is 2. The van der Waals surface area contributed by atoms with Crippen molar-refractivity contribution in [2.75, 3.05) is 9.80 Å². The topological polar surface area (TPSA) is 45.9 Å². The molecule has 4 aromatic heterocycles. The Hall–Kier alpha value is -7.80. The molecule has 0 aliphatic carbocycles. The molecule has 5 nitrogen and oxygen atoms in total. The lowest BCUT2D eigenvalue weighted by Gasteiger charge is -2.31. The Balaban J connectivity index is 1.10. The molecule has 0 saturated heterocycles. The van der Waals surface area contributed by atoms with Crippen LogP contribution in [0.3, 0.4) is 0 Å². The van der Waals surface area contributed by atoms with E-state index in [2.05, 4.69) is 168 Å². The van der Waals surface area contributed by atoms with E-state index in [4.69, 9.17) is 13.3 Å². The van der Waals surface area contributed by atoms with Crippen molar-refractivity contribution in [3.63, 3.8) is 0 Å². The summed E-state index contributed by atoms with van der Waals surface area (Å²) in [5.74, 6) is 0. The van der Waals surface area contributed by atoms with Crippen molar-refractivity contribution in [3.8, 4) is 11.1 Å². The second-order valence-electron chi connectivity index (χ2n) is 15.7. The summed E-state index contributed by atoms with van der Waals surface area (Å²) in [5.41, 5.74) is 13.3. The van der Waals surface area contributed by atoms with Crippen LogP contribution in [0.4, 0.5) is 34.1 Å². The molecule has 0 unspecified atom stereocenters. The number of anilines is 6. The van der Waals surface area contributed by atoms with E-state index >= 15 is 0 Å². The van der Waals surface area contributed by atoms with Gasteiger partial charge in [0.05, 0.1) is 11.4 Å².